The van der Waals surface area contributed by atoms with Gasteiger partial charge in [0.2, 0.25) is 0 Å². The minimum absolute atomic E-state index is 0.0274. The van der Waals surface area contributed by atoms with Crippen LogP contribution in [0.25, 0.3) is 0 Å². The van der Waals surface area contributed by atoms with Gasteiger partial charge in [0.25, 0.3) is 0 Å². The molecule has 0 heterocycles. The number of allylic oxidation sites excluding steroid dienone is 1. The molecule has 0 spiro atoms. The molecule has 4 rings (SSSR count). The highest BCUT2D eigenvalue weighted by Crippen LogP contribution is 2.67. The Bertz CT molecular complexity index is 1200. The van der Waals surface area contributed by atoms with Gasteiger partial charge in [0.15, 0.2) is 16.6 Å². The first kappa shape index (κ1) is 43.7. The summed E-state index contributed by atoms with van der Waals surface area (Å²) in [5.74, 6) is 3.00. The van der Waals surface area contributed by atoms with Crippen molar-refractivity contribution < 1.29 is 28.5 Å². The van der Waals surface area contributed by atoms with Gasteiger partial charge < -0.3 is 28.5 Å². The SMILES string of the molecule is CC[C@H]1CC[C@H]2[C@@H]3CC=C4CC(OCCC(C)(O)CO[Si](C)(C)C(C)(C)C)CC(OCCC(C)(O)CO[Si](C)(C)C(C)(C)C)[C@]4(C)[C@H]3CC[C@]12C. The Hall–Kier alpha value is -0.0662. The van der Waals surface area contributed by atoms with Crippen molar-refractivity contribution in [3.05, 3.63) is 11.6 Å². The molecule has 0 aromatic rings. The van der Waals surface area contributed by atoms with E-state index in [0.29, 0.717) is 50.6 Å². The van der Waals surface area contributed by atoms with Gasteiger partial charge in [0, 0.05) is 37.9 Å². The Balaban J connectivity index is 1.47. The molecule has 0 aromatic heterocycles. The second-order valence-corrected chi connectivity index (χ2v) is 31.4. The van der Waals surface area contributed by atoms with Gasteiger partial charge in [-0.25, -0.2) is 0 Å². The van der Waals surface area contributed by atoms with E-state index >= 15 is 0 Å². The van der Waals surface area contributed by atoms with Crippen LogP contribution in [0, 0.1) is 34.5 Å². The van der Waals surface area contributed by atoms with Crippen LogP contribution in [0.2, 0.25) is 36.3 Å². The van der Waals surface area contributed by atoms with E-state index in [1.807, 2.05) is 13.8 Å². The minimum Gasteiger partial charge on any atom is -0.414 e. The maximum Gasteiger partial charge on any atom is 0.192 e. The lowest BCUT2D eigenvalue weighted by Gasteiger charge is -2.60. The zero-order chi connectivity index (χ0) is 38.5. The first-order chi connectivity index (χ1) is 23.2. The molecule has 2 N–H and O–H groups in total. The Morgan fingerprint density at radius 2 is 1.29 bits per heavy atom. The summed E-state index contributed by atoms with van der Waals surface area (Å²) in [6.45, 7) is 35.5. The Morgan fingerprint density at radius 3 is 1.80 bits per heavy atom. The minimum atomic E-state index is -1.97. The quantitative estimate of drug-likeness (QED) is 0.128. The van der Waals surface area contributed by atoms with Gasteiger partial charge in [-0.3, -0.25) is 0 Å². The fourth-order valence-corrected chi connectivity index (χ4v) is 12.1. The second kappa shape index (κ2) is 15.5. The summed E-state index contributed by atoms with van der Waals surface area (Å²) in [7, 11) is -3.93. The predicted molar refractivity (Wildman–Crippen MR) is 217 cm³/mol. The molecule has 0 aromatic carbocycles. The second-order valence-electron chi connectivity index (χ2n) is 21.7. The molecular weight excluding hydrogens is 669 g/mol. The van der Waals surface area contributed by atoms with Crippen LogP contribution in [0.4, 0.5) is 0 Å². The van der Waals surface area contributed by atoms with Crippen molar-refractivity contribution in [2.75, 3.05) is 26.4 Å². The molecule has 6 nitrogen and oxygen atoms in total. The largest absolute Gasteiger partial charge is 0.414 e. The van der Waals surface area contributed by atoms with Gasteiger partial charge >= 0.3 is 0 Å². The molecular formula is C43H82O6Si2. The Labute approximate surface area is 316 Å². The maximum absolute atomic E-state index is 11.5. The van der Waals surface area contributed by atoms with Crippen LogP contribution in [0.5, 0.6) is 0 Å². The van der Waals surface area contributed by atoms with Gasteiger partial charge in [-0.05, 0) is 118 Å². The molecule has 51 heavy (non-hydrogen) atoms. The standard InChI is InChI=1S/C43H82O6Si2/c1-16-31-18-20-35-34-19-17-32-27-33(46-25-23-40(8,44)29-48-50(12,13)38(2,3)4)28-37(43(32,11)36(34)21-22-42(31,35)10)47-26-24-41(9,45)30-49-51(14,15)39(5,6)7/h17,31,33-37,44-45H,16,18-30H2,1-15H3/t31-,33?,34-,35-,36-,37?,40?,41?,42+,43-/m0/s1. The molecule has 8 heteroatoms. The van der Waals surface area contributed by atoms with Crippen molar-refractivity contribution in [2.45, 2.75) is 200 Å². The van der Waals surface area contributed by atoms with Crippen LogP contribution in [0.3, 0.4) is 0 Å². The van der Waals surface area contributed by atoms with Gasteiger partial charge in [-0.1, -0.05) is 80.4 Å². The maximum atomic E-state index is 11.5. The molecule has 0 aliphatic heterocycles. The number of rotatable bonds is 15. The molecule has 3 saturated carbocycles. The van der Waals surface area contributed by atoms with Crippen LogP contribution in [-0.4, -0.2) is 76.7 Å². The van der Waals surface area contributed by atoms with Gasteiger partial charge in [0.05, 0.1) is 36.6 Å². The zero-order valence-electron chi connectivity index (χ0n) is 36.0. The summed E-state index contributed by atoms with van der Waals surface area (Å²) in [5, 5.41) is 23.0. The first-order valence-corrected chi connectivity index (χ1v) is 26.7. The molecule has 4 aliphatic carbocycles. The Kier molecular flexibility index (Phi) is 13.2. The summed E-state index contributed by atoms with van der Waals surface area (Å²) in [4.78, 5) is 0. The molecule has 0 radical (unpaired) electrons. The van der Waals surface area contributed by atoms with Gasteiger partial charge in [0.1, 0.15) is 0 Å². The third-order valence-electron chi connectivity index (χ3n) is 15.9. The summed E-state index contributed by atoms with van der Waals surface area (Å²) < 4.78 is 26.5. The molecule has 0 amide bonds. The highest BCUT2D eigenvalue weighted by Gasteiger charge is 2.61. The lowest BCUT2D eigenvalue weighted by Crippen LogP contribution is -2.56. The van der Waals surface area contributed by atoms with Gasteiger partial charge in [-0.15, -0.1) is 0 Å². The van der Waals surface area contributed by atoms with E-state index in [-0.39, 0.29) is 27.7 Å². The van der Waals surface area contributed by atoms with E-state index < -0.39 is 27.8 Å². The fraction of sp³-hybridized carbons (Fsp3) is 0.953. The van der Waals surface area contributed by atoms with Crippen LogP contribution < -0.4 is 0 Å². The Morgan fingerprint density at radius 1 is 0.765 bits per heavy atom. The molecule has 298 valence electrons. The number of hydrogen-bond acceptors (Lipinski definition) is 6. The zero-order valence-corrected chi connectivity index (χ0v) is 38.0. The van der Waals surface area contributed by atoms with Crippen LogP contribution >= 0.6 is 0 Å². The lowest BCUT2D eigenvalue weighted by atomic mass is 9.46. The number of aliphatic hydroxyl groups is 2. The third-order valence-corrected chi connectivity index (χ3v) is 24.8. The van der Waals surface area contributed by atoms with Crippen molar-refractivity contribution in [1.82, 2.24) is 0 Å². The summed E-state index contributed by atoms with van der Waals surface area (Å²) in [6, 6.07) is 0. The lowest BCUT2D eigenvalue weighted by molar-refractivity contribution is -0.145. The van der Waals surface area contributed by atoms with Crippen molar-refractivity contribution in [3.8, 4) is 0 Å². The van der Waals surface area contributed by atoms with Crippen LogP contribution in [-0.2, 0) is 18.3 Å². The van der Waals surface area contributed by atoms with E-state index in [1.165, 1.54) is 44.1 Å². The number of hydrogen-bond donors (Lipinski definition) is 2. The first-order valence-electron chi connectivity index (χ1n) is 20.8. The molecule has 0 saturated heterocycles. The van der Waals surface area contributed by atoms with E-state index in [2.05, 4.69) is 94.6 Å². The smallest absolute Gasteiger partial charge is 0.192 e. The average molecular weight is 751 g/mol. The molecule has 10 atom stereocenters. The average Bonchev–Trinajstić information content (AvgIpc) is 3.35. The highest BCUT2D eigenvalue weighted by atomic mass is 28.4. The number of fused-ring (bicyclic) bond motifs is 5. The molecule has 3 fully saturated rings. The van der Waals surface area contributed by atoms with Crippen molar-refractivity contribution in [3.63, 3.8) is 0 Å². The van der Waals surface area contributed by atoms with E-state index in [0.717, 1.165) is 30.6 Å². The molecule has 0 bridgehead atoms. The van der Waals surface area contributed by atoms with Crippen LogP contribution in [0.15, 0.2) is 11.6 Å². The molecule has 4 aliphatic rings. The summed E-state index contributed by atoms with van der Waals surface area (Å²) in [5.41, 5.74) is 0.0946. The molecule has 4 unspecified atom stereocenters. The predicted octanol–water partition coefficient (Wildman–Crippen LogP) is 10.7. The van der Waals surface area contributed by atoms with Crippen molar-refractivity contribution in [2.24, 2.45) is 34.5 Å². The fourth-order valence-electron chi connectivity index (χ4n) is 9.92. The van der Waals surface area contributed by atoms with Crippen LogP contribution in [0.1, 0.15) is 140 Å². The summed E-state index contributed by atoms with van der Waals surface area (Å²) >= 11 is 0. The normalized spacial score (nSPS) is 35.7. The van der Waals surface area contributed by atoms with E-state index in [1.54, 1.807) is 0 Å². The van der Waals surface area contributed by atoms with E-state index in [9.17, 15) is 10.2 Å². The van der Waals surface area contributed by atoms with Crippen molar-refractivity contribution >= 4 is 16.6 Å². The van der Waals surface area contributed by atoms with E-state index in [4.69, 9.17) is 18.3 Å². The highest BCUT2D eigenvalue weighted by molar-refractivity contribution is 6.74. The van der Waals surface area contributed by atoms with Crippen molar-refractivity contribution in [1.29, 1.82) is 0 Å². The topological polar surface area (TPSA) is 77.4 Å². The number of ether oxygens (including phenoxy) is 2. The summed E-state index contributed by atoms with van der Waals surface area (Å²) in [6.07, 6.45) is 13.4. The van der Waals surface area contributed by atoms with Gasteiger partial charge in [-0.2, -0.15) is 0 Å². The third kappa shape index (κ3) is 9.49. The monoisotopic (exact) mass is 751 g/mol.